The molecule has 0 saturated heterocycles. The maximum Gasteiger partial charge on any atom is 0.175 e. The monoisotopic (exact) mass is 350 g/mol. The lowest BCUT2D eigenvalue weighted by Crippen LogP contribution is -1.97. The van der Waals surface area contributed by atoms with Crippen molar-refractivity contribution >= 4 is 37.5 Å². The fourth-order valence-corrected chi connectivity index (χ4v) is 3.99. The van der Waals surface area contributed by atoms with E-state index in [0.29, 0.717) is 4.90 Å². The Hall–Kier alpha value is -0.000000000000000111. The normalized spacial score (nSPS) is 13.5. The van der Waals surface area contributed by atoms with E-state index >= 15 is 0 Å². The summed E-state index contributed by atoms with van der Waals surface area (Å²) in [5.74, 6) is 1.80. The summed E-state index contributed by atoms with van der Waals surface area (Å²) in [5, 5.41) is 1.06. The molecule has 0 aliphatic carbocycles. The lowest BCUT2D eigenvalue weighted by atomic mass is 10.1. The number of halogens is 1. The van der Waals surface area contributed by atoms with Gasteiger partial charge in [0.2, 0.25) is 0 Å². The SMILES string of the molecule is CC(CCBr)CCSc1ccc(S(C)(=O)=O)cc1. The third-order valence-electron chi connectivity index (χ3n) is 2.73. The van der Waals surface area contributed by atoms with Crippen LogP contribution in [0.4, 0.5) is 0 Å². The molecular formula is C13H19BrO2S2. The maximum absolute atomic E-state index is 11.3. The van der Waals surface area contributed by atoms with E-state index in [-0.39, 0.29) is 0 Å². The third kappa shape index (κ3) is 5.76. The molecule has 1 aromatic carbocycles. The minimum absolute atomic E-state index is 0.388. The fourth-order valence-electron chi connectivity index (χ4n) is 1.49. The summed E-state index contributed by atoms with van der Waals surface area (Å²) in [4.78, 5) is 1.52. The first-order chi connectivity index (χ1) is 8.43. The standard InChI is InChI=1S/C13H19BrO2S2/c1-11(7-9-14)8-10-17-12-3-5-13(6-4-12)18(2,15)16/h3-6,11H,7-10H2,1-2H3. The molecule has 0 amide bonds. The van der Waals surface area contributed by atoms with Crippen molar-refractivity contribution < 1.29 is 8.42 Å². The molecule has 0 heterocycles. The molecule has 0 aromatic heterocycles. The van der Waals surface area contributed by atoms with E-state index in [2.05, 4.69) is 22.9 Å². The molecule has 18 heavy (non-hydrogen) atoms. The van der Waals surface area contributed by atoms with Crippen molar-refractivity contribution in [1.29, 1.82) is 0 Å². The molecule has 0 bridgehead atoms. The van der Waals surface area contributed by atoms with E-state index in [1.54, 1.807) is 23.9 Å². The van der Waals surface area contributed by atoms with E-state index in [9.17, 15) is 8.42 Å². The zero-order valence-electron chi connectivity index (χ0n) is 10.7. The largest absolute Gasteiger partial charge is 0.224 e. The van der Waals surface area contributed by atoms with E-state index < -0.39 is 9.84 Å². The van der Waals surface area contributed by atoms with E-state index in [4.69, 9.17) is 0 Å². The van der Waals surface area contributed by atoms with Crippen LogP contribution in [0.25, 0.3) is 0 Å². The van der Waals surface area contributed by atoms with E-state index in [1.165, 1.54) is 19.1 Å². The zero-order valence-corrected chi connectivity index (χ0v) is 13.9. The van der Waals surface area contributed by atoms with E-state index in [1.807, 2.05) is 12.1 Å². The minimum Gasteiger partial charge on any atom is -0.224 e. The predicted octanol–water partition coefficient (Wildman–Crippen LogP) is 3.99. The fraction of sp³-hybridized carbons (Fsp3) is 0.538. The number of rotatable bonds is 7. The Morgan fingerprint density at radius 3 is 2.33 bits per heavy atom. The Labute approximate surface area is 123 Å². The molecule has 0 spiro atoms. The quantitative estimate of drug-likeness (QED) is 0.550. The van der Waals surface area contributed by atoms with Crippen LogP contribution in [-0.2, 0) is 9.84 Å². The summed E-state index contributed by atoms with van der Waals surface area (Å²) in [7, 11) is -3.08. The Morgan fingerprint density at radius 2 is 1.83 bits per heavy atom. The second-order valence-corrected chi connectivity index (χ2v) is 8.44. The Kier molecular flexibility index (Phi) is 6.74. The van der Waals surface area contributed by atoms with Gasteiger partial charge in [-0.1, -0.05) is 22.9 Å². The van der Waals surface area contributed by atoms with Crippen LogP contribution in [-0.4, -0.2) is 25.8 Å². The van der Waals surface area contributed by atoms with Crippen molar-refractivity contribution in [3.8, 4) is 0 Å². The van der Waals surface area contributed by atoms with Gasteiger partial charge in [0.25, 0.3) is 0 Å². The van der Waals surface area contributed by atoms with Crippen molar-refractivity contribution in [2.24, 2.45) is 5.92 Å². The average Bonchev–Trinajstić information content (AvgIpc) is 2.29. The molecule has 102 valence electrons. The van der Waals surface area contributed by atoms with Crippen molar-refractivity contribution in [3.05, 3.63) is 24.3 Å². The lowest BCUT2D eigenvalue weighted by molar-refractivity contribution is 0.555. The Balaban J connectivity index is 2.45. The van der Waals surface area contributed by atoms with Gasteiger partial charge >= 0.3 is 0 Å². The molecule has 2 nitrogen and oxygen atoms in total. The van der Waals surface area contributed by atoms with Crippen molar-refractivity contribution in [2.75, 3.05) is 17.3 Å². The van der Waals surface area contributed by atoms with Crippen LogP contribution in [0.1, 0.15) is 19.8 Å². The Bertz CT molecular complexity index is 454. The van der Waals surface area contributed by atoms with Gasteiger partial charge in [-0.3, -0.25) is 0 Å². The maximum atomic E-state index is 11.3. The predicted molar refractivity (Wildman–Crippen MR) is 82.5 cm³/mol. The van der Waals surface area contributed by atoms with Crippen molar-refractivity contribution in [2.45, 2.75) is 29.6 Å². The lowest BCUT2D eigenvalue weighted by Gasteiger charge is -2.08. The number of alkyl halides is 1. The van der Waals surface area contributed by atoms with Gasteiger partial charge in [0.15, 0.2) is 9.84 Å². The number of hydrogen-bond donors (Lipinski definition) is 0. The van der Waals surface area contributed by atoms with Crippen molar-refractivity contribution in [1.82, 2.24) is 0 Å². The summed E-state index contributed by atoms with van der Waals surface area (Å²) in [6, 6.07) is 7.13. The van der Waals surface area contributed by atoms with Gasteiger partial charge in [-0.2, -0.15) is 0 Å². The summed E-state index contributed by atoms with van der Waals surface area (Å²) in [5.41, 5.74) is 0. The molecule has 0 saturated carbocycles. The van der Waals surface area contributed by atoms with Crippen LogP contribution in [0.5, 0.6) is 0 Å². The summed E-state index contributed by atoms with van der Waals surface area (Å²) >= 11 is 5.23. The summed E-state index contributed by atoms with van der Waals surface area (Å²) < 4.78 is 22.6. The van der Waals surface area contributed by atoms with Gasteiger partial charge in [-0.05, 0) is 48.8 Å². The highest BCUT2D eigenvalue weighted by Gasteiger charge is 2.06. The van der Waals surface area contributed by atoms with Gasteiger partial charge in [-0.25, -0.2) is 8.42 Å². The first-order valence-corrected chi connectivity index (χ1v) is 9.92. The van der Waals surface area contributed by atoms with Crippen LogP contribution in [0.3, 0.4) is 0 Å². The molecule has 0 radical (unpaired) electrons. The van der Waals surface area contributed by atoms with Crippen LogP contribution >= 0.6 is 27.7 Å². The topological polar surface area (TPSA) is 34.1 Å². The summed E-state index contributed by atoms with van der Waals surface area (Å²) in [6.07, 6.45) is 3.62. The second-order valence-electron chi connectivity index (χ2n) is 4.46. The molecule has 0 fully saturated rings. The van der Waals surface area contributed by atoms with Gasteiger partial charge < -0.3 is 0 Å². The highest BCUT2D eigenvalue weighted by molar-refractivity contribution is 9.09. The highest BCUT2D eigenvalue weighted by atomic mass is 79.9. The highest BCUT2D eigenvalue weighted by Crippen LogP contribution is 2.23. The second kappa shape index (κ2) is 7.56. The number of thioether (sulfide) groups is 1. The van der Waals surface area contributed by atoms with Gasteiger partial charge in [0.1, 0.15) is 0 Å². The number of hydrogen-bond acceptors (Lipinski definition) is 3. The molecule has 1 unspecified atom stereocenters. The molecule has 0 aliphatic rings. The number of benzene rings is 1. The Morgan fingerprint density at radius 1 is 1.22 bits per heavy atom. The van der Waals surface area contributed by atoms with E-state index in [0.717, 1.165) is 21.9 Å². The van der Waals surface area contributed by atoms with Gasteiger partial charge in [-0.15, -0.1) is 11.8 Å². The molecular weight excluding hydrogens is 332 g/mol. The minimum atomic E-state index is -3.08. The molecule has 1 atom stereocenters. The van der Waals surface area contributed by atoms with Crippen molar-refractivity contribution in [3.63, 3.8) is 0 Å². The zero-order chi connectivity index (χ0) is 13.6. The van der Waals surface area contributed by atoms with Crippen LogP contribution in [0, 0.1) is 5.92 Å². The van der Waals surface area contributed by atoms with Crippen LogP contribution in [0.2, 0.25) is 0 Å². The smallest absolute Gasteiger partial charge is 0.175 e. The molecule has 5 heteroatoms. The number of sulfone groups is 1. The third-order valence-corrected chi connectivity index (χ3v) is 5.36. The molecule has 0 aliphatic heterocycles. The summed E-state index contributed by atoms with van der Waals surface area (Å²) in [6.45, 7) is 2.26. The molecule has 0 N–H and O–H groups in total. The average molecular weight is 351 g/mol. The van der Waals surface area contributed by atoms with Gasteiger partial charge in [0.05, 0.1) is 4.90 Å². The van der Waals surface area contributed by atoms with Crippen LogP contribution < -0.4 is 0 Å². The van der Waals surface area contributed by atoms with Gasteiger partial charge in [0, 0.05) is 16.5 Å². The first-order valence-electron chi connectivity index (χ1n) is 5.92. The van der Waals surface area contributed by atoms with Crippen LogP contribution in [0.15, 0.2) is 34.1 Å². The molecule has 1 rings (SSSR count). The molecule has 1 aromatic rings. The first kappa shape index (κ1) is 16.1.